The Morgan fingerprint density at radius 3 is 2.96 bits per heavy atom. The second-order valence-corrected chi connectivity index (χ2v) is 8.28. The molecular formula is C16H28N6O3S. The van der Waals surface area contributed by atoms with E-state index in [-0.39, 0.29) is 17.0 Å². The van der Waals surface area contributed by atoms with Gasteiger partial charge in [0, 0.05) is 34.4 Å². The molecule has 1 aromatic rings. The minimum atomic E-state index is -0.751. The number of hydrogen-bond acceptors (Lipinski definition) is 5. The molecule has 10 heteroatoms. The number of aliphatic imine (C=N–C) groups is 1. The first-order valence-electron chi connectivity index (χ1n) is 9.12. The Morgan fingerprint density at radius 2 is 2.31 bits per heavy atom. The van der Waals surface area contributed by atoms with Gasteiger partial charge in [0.25, 0.3) is 0 Å². The van der Waals surface area contributed by atoms with Crippen molar-refractivity contribution in [2.75, 3.05) is 18.8 Å². The molecule has 1 heterocycles. The lowest BCUT2D eigenvalue weighted by Gasteiger charge is -2.30. The highest BCUT2D eigenvalue weighted by Crippen LogP contribution is 2.22. The summed E-state index contributed by atoms with van der Waals surface area (Å²) in [5, 5.41) is 21.6. The molecule has 3 atom stereocenters. The van der Waals surface area contributed by atoms with Crippen molar-refractivity contribution in [2.45, 2.75) is 57.4 Å². The van der Waals surface area contributed by atoms with E-state index in [1.54, 1.807) is 0 Å². The van der Waals surface area contributed by atoms with Crippen molar-refractivity contribution in [3.8, 4) is 0 Å². The summed E-state index contributed by atoms with van der Waals surface area (Å²) in [6, 6.07) is 0.271. The quantitative estimate of drug-likeness (QED) is 0.303. The molecule has 3 unspecified atom stereocenters. The largest absolute Gasteiger partial charge is 0.357 e. The maximum Gasteiger partial charge on any atom is 0.306 e. The van der Waals surface area contributed by atoms with Gasteiger partial charge in [0.15, 0.2) is 5.96 Å². The fraction of sp³-hybridized carbons (Fsp3) is 0.750. The van der Waals surface area contributed by atoms with Crippen molar-refractivity contribution in [1.82, 2.24) is 20.4 Å². The molecule has 26 heavy (non-hydrogen) atoms. The number of aromatic nitrogens is 2. The average Bonchev–Trinajstić information content (AvgIpc) is 3.10. The third kappa shape index (κ3) is 6.08. The topological polar surface area (TPSA) is 114 Å². The molecule has 2 N–H and O–H groups in total. The standard InChI is InChI=1S/C16H28N6O3S/c1-3-17-16(18-8-9-21-12-14(11-19-21)22(23)24)20-13-6-5-7-15(10-13)26(25)4-2/h11-13,15H,3-10H2,1-2H3,(H2,17,18,20). The van der Waals surface area contributed by atoms with E-state index in [2.05, 4.69) is 20.7 Å². The highest BCUT2D eigenvalue weighted by atomic mass is 32.2. The third-order valence-electron chi connectivity index (χ3n) is 4.40. The van der Waals surface area contributed by atoms with Crippen LogP contribution in [0.4, 0.5) is 5.69 Å². The molecule has 0 radical (unpaired) electrons. The molecule has 1 aliphatic rings. The molecule has 146 valence electrons. The molecule has 2 rings (SSSR count). The molecule has 1 aromatic heterocycles. The van der Waals surface area contributed by atoms with Crippen LogP contribution in [-0.4, -0.2) is 55.0 Å². The van der Waals surface area contributed by atoms with Crippen LogP contribution in [0.15, 0.2) is 17.4 Å². The van der Waals surface area contributed by atoms with E-state index in [0.29, 0.717) is 18.8 Å². The maximum atomic E-state index is 12.1. The smallest absolute Gasteiger partial charge is 0.306 e. The fourth-order valence-electron chi connectivity index (χ4n) is 3.10. The molecule has 0 aliphatic heterocycles. The van der Waals surface area contributed by atoms with Gasteiger partial charge in [-0.3, -0.25) is 24.0 Å². The SMILES string of the molecule is CCNC(=NCCn1cc([N+](=O)[O-])cn1)NC1CCCC(S(=O)CC)C1. The Bertz CT molecular complexity index is 648. The first kappa shape index (κ1) is 20.3. The Kier molecular flexibility index (Phi) is 8.02. The first-order valence-corrected chi connectivity index (χ1v) is 10.5. The maximum absolute atomic E-state index is 12.1. The third-order valence-corrected chi connectivity index (χ3v) is 6.14. The lowest BCUT2D eigenvalue weighted by Crippen LogP contribution is -2.46. The molecule has 0 spiro atoms. The minimum absolute atomic E-state index is 0.0174. The van der Waals surface area contributed by atoms with Gasteiger partial charge in [0.1, 0.15) is 12.4 Å². The van der Waals surface area contributed by atoms with Gasteiger partial charge in [-0.05, 0) is 26.2 Å². The van der Waals surface area contributed by atoms with Gasteiger partial charge in [0.05, 0.1) is 18.0 Å². The number of nitrogens with zero attached hydrogens (tertiary/aromatic N) is 4. The van der Waals surface area contributed by atoms with E-state index in [0.717, 1.165) is 38.2 Å². The zero-order chi connectivity index (χ0) is 18.9. The lowest BCUT2D eigenvalue weighted by atomic mass is 9.95. The second-order valence-electron chi connectivity index (χ2n) is 6.28. The highest BCUT2D eigenvalue weighted by molar-refractivity contribution is 7.85. The summed E-state index contributed by atoms with van der Waals surface area (Å²) in [6.45, 7) is 5.65. The van der Waals surface area contributed by atoms with Gasteiger partial charge < -0.3 is 10.6 Å². The van der Waals surface area contributed by atoms with Crippen LogP contribution in [-0.2, 0) is 17.3 Å². The lowest BCUT2D eigenvalue weighted by molar-refractivity contribution is -0.385. The summed E-state index contributed by atoms with van der Waals surface area (Å²) in [5.41, 5.74) is -0.0174. The summed E-state index contributed by atoms with van der Waals surface area (Å²) in [6.07, 6.45) is 6.70. The number of nitro groups is 1. The van der Waals surface area contributed by atoms with Gasteiger partial charge in [0.2, 0.25) is 0 Å². The number of nitrogens with one attached hydrogen (secondary N) is 2. The zero-order valence-electron chi connectivity index (χ0n) is 15.4. The van der Waals surface area contributed by atoms with Gasteiger partial charge >= 0.3 is 5.69 Å². The predicted molar refractivity (Wildman–Crippen MR) is 103 cm³/mol. The van der Waals surface area contributed by atoms with E-state index < -0.39 is 15.7 Å². The first-order chi connectivity index (χ1) is 12.5. The molecule has 0 saturated heterocycles. The average molecular weight is 385 g/mol. The van der Waals surface area contributed by atoms with Crippen LogP contribution < -0.4 is 10.6 Å². The highest BCUT2D eigenvalue weighted by Gasteiger charge is 2.26. The number of hydrogen-bond donors (Lipinski definition) is 2. The van der Waals surface area contributed by atoms with Gasteiger partial charge in [-0.1, -0.05) is 13.3 Å². The van der Waals surface area contributed by atoms with E-state index in [4.69, 9.17) is 0 Å². The Balaban J connectivity index is 1.89. The summed E-state index contributed by atoms with van der Waals surface area (Å²) in [4.78, 5) is 14.8. The fourth-order valence-corrected chi connectivity index (χ4v) is 4.45. The van der Waals surface area contributed by atoms with E-state index in [1.807, 2.05) is 13.8 Å². The van der Waals surface area contributed by atoms with Crippen LogP contribution in [0.1, 0.15) is 39.5 Å². The minimum Gasteiger partial charge on any atom is -0.357 e. The van der Waals surface area contributed by atoms with Crippen molar-refractivity contribution in [2.24, 2.45) is 4.99 Å². The van der Waals surface area contributed by atoms with Crippen LogP contribution in [0.2, 0.25) is 0 Å². The monoisotopic (exact) mass is 384 g/mol. The Morgan fingerprint density at radius 1 is 1.50 bits per heavy atom. The van der Waals surface area contributed by atoms with Gasteiger partial charge in [-0.2, -0.15) is 5.10 Å². The van der Waals surface area contributed by atoms with E-state index >= 15 is 0 Å². The molecule has 0 amide bonds. The van der Waals surface area contributed by atoms with Crippen molar-refractivity contribution < 1.29 is 9.13 Å². The van der Waals surface area contributed by atoms with Crippen LogP contribution in [0.3, 0.4) is 0 Å². The number of rotatable bonds is 8. The summed E-state index contributed by atoms with van der Waals surface area (Å²) < 4.78 is 13.6. The molecule has 0 bridgehead atoms. The van der Waals surface area contributed by atoms with E-state index in [1.165, 1.54) is 17.1 Å². The predicted octanol–water partition coefficient (Wildman–Crippen LogP) is 1.43. The van der Waals surface area contributed by atoms with E-state index in [9.17, 15) is 14.3 Å². The van der Waals surface area contributed by atoms with Crippen LogP contribution in [0.5, 0.6) is 0 Å². The molecule has 1 fully saturated rings. The van der Waals surface area contributed by atoms with Crippen molar-refractivity contribution in [3.05, 3.63) is 22.5 Å². The second kappa shape index (κ2) is 10.2. The van der Waals surface area contributed by atoms with Crippen LogP contribution in [0, 0.1) is 10.1 Å². The van der Waals surface area contributed by atoms with Crippen LogP contribution >= 0.6 is 0 Å². The van der Waals surface area contributed by atoms with Crippen molar-refractivity contribution in [3.63, 3.8) is 0 Å². The summed E-state index contributed by atoms with van der Waals surface area (Å²) >= 11 is 0. The van der Waals surface area contributed by atoms with Crippen LogP contribution in [0.25, 0.3) is 0 Å². The molecule has 1 aliphatic carbocycles. The van der Waals surface area contributed by atoms with Gasteiger partial charge in [-0.15, -0.1) is 0 Å². The van der Waals surface area contributed by atoms with Crippen molar-refractivity contribution in [1.29, 1.82) is 0 Å². The van der Waals surface area contributed by atoms with Crippen molar-refractivity contribution >= 4 is 22.4 Å². The Hall–Kier alpha value is -1.97. The normalized spacial score (nSPS) is 22.0. The van der Waals surface area contributed by atoms with Gasteiger partial charge in [-0.25, -0.2) is 0 Å². The molecule has 9 nitrogen and oxygen atoms in total. The number of guanidine groups is 1. The molecular weight excluding hydrogens is 356 g/mol. The zero-order valence-corrected chi connectivity index (χ0v) is 16.2. The Labute approximate surface area is 156 Å². The molecule has 0 aromatic carbocycles. The summed E-state index contributed by atoms with van der Waals surface area (Å²) in [5.74, 6) is 1.43. The molecule has 1 saturated carbocycles. The summed E-state index contributed by atoms with van der Waals surface area (Å²) in [7, 11) is -0.751.